The summed E-state index contributed by atoms with van der Waals surface area (Å²) in [5.74, 6) is -0.727. The summed E-state index contributed by atoms with van der Waals surface area (Å²) in [7, 11) is 0. The molecule has 0 saturated heterocycles. The third-order valence-electron chi connectivity index (χ3n) is 1.86. The summed E-state index contributed by atoms with van der Waals surface area (Å²) in [6.07, 6.45) is 3.87. The van der Waals surface area contributed by atoms with Crippen molar-refractivity contribution >= 4 is 11.6 Å². The first-order chi connectivity index (χ1) is 4.54. The van der Waals surface area contributed by atoms with Crippen molar-refractivity contribution in [3.8, 4) is 0 Å². The van der Waals surface area contributed by atoms with Crippen LogP contribution in [0, 0.1) is 11.8 Å². The Labute approximate surface area is 60.6 Å². The molecule has 0 atom stereocenters. The molecule has 0 N–H and O–H groups in total. The summed E-state index contributed by atoms with van der Waals surface area (Å²) in [6, 6.07) is 0. The summed E-state index contributed by atoms with van der Waals surface area (Å²) in [6.45, 7) is 3.60. The molecule has 2 nitrogen and oxygen atoms in total. The minimum absolute atomic E-state index is 0.293. The monoisotopic (exact) mass is 138 g/mol. The van der Waals surface area contributed by atoms with Crippen LogP contribution in [-0.4, -0.2) is 11.6 Å². The number of Topliss-reactive ketones (excluding diaryl/α,β-unsaturated/α-hetero) is 2. The van der Waals surface area contributed by atoms with Crippen molar-refractivity contribution < 1.29 is 9.59 Å². The number of hydrogen-bond donors (Lipinski definition) is 0. The first kappa shape index (κ1) is 7.45. The van der Waals surface area contributed by atoms with Gasteiger partial charge in [0.15, 0.2) is 0 Å². The molecule has 0 aromatic rings. The van der Waals surface area contributed by atoms with Gasteiger partial charge in [-0.05, 0) is 12.8 Å². The highest BCUT2D eigenvalue weighted by Gasteiger charge is 2.36. The number of carbonyl (C=O) groups excluding carboxylic acids is 2. The van der Waals surface area contributed by atoms with Gasteiger partial charge in [0.25, 0.3) is 0 Å². The summed E-state index contributed by atoms with van der Waals surface area (Å²) in [4.78, 5) is 21.8. The van der Waals surface area contributed by atoms with Crippen LogP contribution in [0.15, 0.2) is 0 Å². The van der Waals surface area contributed by atoms with Gasteiger partial charge < -0.3 is 0 Å². The van der Waals surface area contributed by atoms with E-state index >= 15 is 0 Å². The summed E-state index contributed by atoms with van der Waals surface area (Å²) in [5, 5.41) is 0. The highest BCUT2D eigenvalue weighted by Crippen LogP contribution is 2.29. The van der Waals surface area contributed by atoms with Crippen LogP contribution in [0.1, 0.15) is 26.7 Å². The van der Waals surface area contributed by atoms with E-state index in [4.69, 9.17) is 0 Å². The number of ketones is 2. The molecule has 1 fully saturated rings. The third-order valence-corrected chi connectivity index (χ3v) is 1.86. The Hall–Kier alpha value is -0.660. The van der Waals surface area contributed by atoms with Crippen molar-refractivity contribution in [3.63, 3.8) is 0 Å². The van der Waals surface area contributed by atoms with Crippen molar-refractivity contribution in [1.82, 2.24) is 0 Å². The minimum Gasteiger partial charge on any atom is -0.290 e. The van der Waals surface area contributed by atoms with Crippen LogP contribution >= 0.6 is 0 Å². The Morgan fingerprint density at radius 3 is 2.40 bits per heavy atom. The molecule has 1 rings (SSSR count). The van der Waals surface area contributed by atoms with Crippen LogP contribution < -0.4 is 0 Å². The second kappa shape index (κ2) is 2.19. The lowest BCUT2D eigenvalue weighted by atomic mass is 9.76. The average Bonchev–Trinajstić information content (AvgIpc) is 1.83. The molecule has 0 aliphatic heterocycles. The fourth-order valence-electron chi connectivity index (χ4n) is 0.990. The Bertz CT molecular complexity index is 180. The molecule has 1 aliphatic rings. The van der Waals surface area contributed by atoms with E-state index < -0.39 is 11.2 Å². The van der Waals surface area contributed by atoms with Crippen molar-refractivity contribution in [2.24, 2.45) is 5.41 Å². The van der Waals surface area contributed by atoms with Crippen LogP contribution in [0.3, 0.4) is 0 Å². The second-order valence-electron chi connectivity index (χ2n) is 3.22. The van der Waals surface area contributed by atoms with Gasteiger partial charge in [0.05, 0.1) is 6.42 Å². The Balaban J connectivity index is 2.79. The van der Waals surface area contributed by atoms with Crippen molar-refractivity contribution in [2.45, 2.75) is 26.7 Å². The quantitative estimate of drug-likeness (QED) is 0.468. The van der Waals surface area contributed by atoms with Crippen LogP contribution in [0.4, 0.5) is 0 Å². The molecule has 0 amide bonds. The van der Waals surface area contributed by atoms with Gasteiger partial charge in [0.2, 0.25) is 11.6 Å². The minimum atomic E-state index is -0.442. The molecular formula is C8H10O2. The number of carbonyl (C=O) groups is 2. The molecule has 0 aromatic heterocycles. The van der Waals surface area contributed by atoms with E-state index in [1.54, 1.807) is 13.8 Å². The second-order valence-corrected chi connectivity index (χ2v) is 3.22. The maximum absolute atomic E-state index is 11.0. The predicted octanol–water partition coefficient (Wildman–Crippen LogP) is 1.03. The third kappa shape index (κ3) is 1.11. The molecule has 10 heavy (non-hydrogen) atoms. The molecule has 0 aromatic carbocycles. The van der Waals surface area contributed by atoms with Gasteiger partial charge in [-0.25, -0.2) is 0 Å². The maximum atomic E-state index is 11.0. The molecule has 0 spiro atoms. The van der Waals surface area contributed by atoms with E-state index in [9.17, 15) is 9.59 Å². The molecule has 1 aliphatic carbocycles. The zero-order chi connectivity index (χ0) is 7.78. The molecule has 0 bridgehead atoms. The van der Waals surface area contributed by atoms with Crippen molar-refractivity contribution in [1.29, 1.82) is 0 Å². The number of rotatable bonds is 0. The zero-order valence-corrected chi connectivity index (χ0v) is 6.23. The first-order valence-electron chi connectivity index (χ1n) is 3.37. The molecule has 1 saturated carbocycles. The fourth-order valence-corrected chi connectivity index (χ4v) is 0.990. The zero-order valence-electron chi connectivity index (χ0n) is 6.23. The van der Waals surface area contributed by atoms with Gasteiger partial charge in [-0.15, -0.1) is 0 Å². The van der Waals surface area contributed by atoms with Crippen LogP contribution in [0.25, 0.3) is 0 Å². The van der Waals surface area contributed by atoms with E-state index in [0.717, 1.165) is 6.42 Å². The molecule has 2 radical (unpaired) electrons. The van der Waals surface area contributed by atoms with Crippen molar-refractivity contribution in [3.05, 3.63) is 6.42 Å². The summed E-state index contributed by atoms with van der Waals surface area (Å²) >= 11 is 0. The smallest absolute Gasteiger partial charge is 0.207 e. The van der Waals surface area contributed by atoms with Gasteiger partial charge in [0, 0.05) is 5.41 Å². The van der Waals surface area contributed by atoms with Crippen LogP contribution in [0.5, 0.6) is 0 Å². The van der Waals surface area contributed by atoms with E-state index in [-0.39, 0.29) is 5.78 Å². The standard InChI is InChI=1S/C8H10O2/c1-8(2)5-3-4-6(9)7(8)10/h3,5H2,1-2H3. The Kier molecular flexibility index (Phi) is 1.63. The SMILES string of the molecule is CC1(C)CC[C]C(=O)C1=O. The topological polar surface area (TPSA) is 34.1 Å². The molecule has 54 valence electrons. The van der Waals surface area contributed by atoms with Crippen LogP contribution in [-0.2, 0) is 9.59 Å². The normalized spacial score (nSPS) is 25.0. The van der Waals surface area contributed by atoms with Crippen molar-refractivity contribution in [2.75, 3.05) is 0 Å². The van der Waals surface area contributed by atoms with Gasteiger partial charge in [-0.3, -0.25) is 9.59 Å². The Morgan fingerprint density at radius 1 is 1.40 bits per heavy atom. The summed E-state index contributed by atoms with van der Waals surface area (Å²) in [5.41, 5.74) is -0.442. The molecule has 0 unspecified atom stereocenters. The number of hydrogen-bond acceptors (Lipinski definition) is 2. The molecule has 2 heteroatoms. The van der Waals surface area contributed by atoms with E-state index in [2.05, 4.69) is 6.42 Å². The Morgan fingerprint density at radius 2 is 2.00 bits per heavy atom. The lowest BCUT2D eigenvalue weighted by Gasteiger charge is -2.25. The average molecular weight is 138 g/mol. The molecule has 0 heterocycles. The van der Waals surface area contributed by atoms with Crippen LogP contribution in [0.2, 0.25) is 0 Å². The highest BCUT2D eigenvalue weighted by molar-refractivity contribution is 6.42. The highest BCUT2D eigenvalue weighted by atomic mass is 16.2. The maximum Gasteiger partial charge on any atom is 0.207 e. The summed E-state index contributed by atoms with van der Waals surface area (Å²) < 4.78 is 0. The fraction of sp³-hybridized carbons (Fsp3) is 0.625. The first-order valence-corrected chi connectivity index (χ1v) is 3.37. The lowest BCUT2D eigenvalue weighted by Crippen LogP contribution is -2.35. The van der Waals surface area contributed by atoms with Gasteiger partial charge in [-0.1, -0.05) is 13.8 Å². The molecular weight excluding hydrogens is 128 g/mol. The van der Waals surface area contributed by atoms with E-state index in [1.165, 1.54) is 0 Å². The largest absolute Gasteiger partial charge is 0.290 e. The predicted molar refractivity (Wildman–Crippen MR) is 36.3 cm³/mol. The van der Waals surface area contributed by atoms with Gasteiger partial charge >= 0.3 is 0 Å². The van der Waals surface area contributed by atoms with Gasteiger partial charge in [-0.2, -0.15) is 0 Å². The lowest BCUT2D eigenvalue weighted by molar-refractivity contribution is -0.141. The van der Waals surface area contributed by atoms with E-state index in [0.29, 0.717) is 6.42 Å². The van der Waals surface area contributed by atoms with E-state index in [1.807, 2.05) is 0 Å². The van der Waals surface area contributed by atoms with Gasteiger partial charge in [0.1, 0.15) is 0 Å².